The summed E-state index contributed by atoms with van der Waals surface area (Å²) in [7, 11) is 0. The number of carboxylic acids is 1. The first-order valence-corrected chi connectivity index (χ1v) is 11.2. The van der Waals surface area contributed by atoms with Crippen LogP contribution in [-0.2, 0) is 14.4 Å². The van der Waals surface area contributed by atoms with Gasteiger partial charge in [0.2, 0.25) is 11.8 Å². The zero-order chi connectivity index (χ0) is 20.0. The predicted molar refractivity (Wildman–Crippen MR) is 102 cm³/mol. The van der Waals surface area contributed by atoms with Crippen molar-refractivity contribution in [1.29, 1.82) is 0 Å². The van der Waals surface area contributed by atoms with Crippen LogP contribution in [0, 0.1) is 29.6 Å². The van der Waals surface area contributed by atoms with E-state index < -0.39 is 24.3 Å². The highest BCUT2D eigenvalue weighted by Crippen LogP contribution is 2.68. The van der Waals surface area contributed by atoms with E-state index in [1.165, 1.54) is 11.3 Å². The lowest BCUT2D eigenvalue weighted by molar-refractivity contribution is -0.149. The summed E-state index contributed by atoms with van der Waals surface area (Å²) < 4.78 is 5.73. The number of furan rings is 1. The monoisotopic (exact) mass is 432 g/mol. The summed E-state index contributed by atoms with van der Waals surface area (Å²) in [6.45, 7) is -0.575. The number of nitrogens with one attached hydrogen (secondary N) is 1. The van der Waals surface area contributed by atoms with Gasteiger partial charge in [-0.2, -0.15) is 0 Å². The van der Waals surface area contributed by atoms with Gasteiger partial charge in [0.1, 0.15) is 12.3 Å². The molecular formula is C19H16N2O6S2. The largest absolute Gasteiger partial charge is 0.480 e. The van der Waals surface area contributed by atoms with Crippen LogP contribution >= 0.6 is 23.1 Å². The van der Waals surface area contributed by atoms with Crippen LogP contribution in [0.25, 0.3) is 0 Å². The van der Waals surface area contributed by atoms with Crippen LogP contribution < -0.4 is 4.87 Å². The van der Waals surface area contributed by atoms with E-state index in [0.29, 0.717) is 0 Å². The fourth-order valence-corrected chi connectivity index (χ4v) is 9.03. The van der Waals surface area contributed by atoms with Gasteiger partial charge in [-0.1, -0.05) is 11.3 Å². The second-order valence-corrected chi connectivity index (χ2v) is 10.3. The minimum atomic E-state index is -1.18. The number of hydrogen-bond donors (Lipinski definition) is 2. The van der Waals surface area contributed by atoms with Crippen molar-refractivity contribution in [1.82, 2.24) is 9.88 Å². The summed E-state index contributed by atoms with van der Waals surface area (Å²) in [5.41, 5.74) is 0. The van der Waals surface area contributed by atoms with E-state index in [1.807, 2.05) is 12.1 Å². The van der Waals surface area contributed by atoms with E-state index in [0.717, 1.165) is 27.0 Å². The summed E-state index contributed by atoms with van der Waals surface area (Å²) in [6.07, 6.45) is 2.38. The van der Waals surface area contributed by atoms with Gasteiger partial charge in [0.15, 0.2) is 0 Å². The molecule has 29 heavy (non-hydrogen) atoms. The number of rotatable bonds is 3. The Bertz CT molecular complexity index is 1100. The molecule has 0 unspecified atom stereocenters. The van der Waals surface area contributed by atoms with Crippen molar-refractivity contribution >= 4 is 40.9 Å². The first kappa shape index (κ1) is 17.5. The van der Waals surface area contributed by atoms with Crippen molar-refractivity contribution in [3.05, 3.63) is 38.7 Å². The Morgan fingerprint density at radius 1 is 1.24 bits per heavy atom. The molecule has 2 N–H and O–H groups in total. The highest BCUT2D eigenvalue weighted by molar-refractivity contribution is 8.00. The number of nitrogens with zero attached hydrogens (tertiary/aromatic N) is 1. The van der Waals surface area contributed by atoms with Gasteiger partial charge in [0.25, 0.3) is 0 Å². The Labute approximate surface area is 172 Å². The third-order valence-corrected chi connectivity index (χ3v) is 9.55. The maximum Gasteiger partial charge on any atom is 0.323 e. The molecule has 7 atom stereocenters. The van der Waals surface area contributed by atoms with Gasteiger partial charge >= 0.3 is 10.8 Å². The van der Waals surface area contributed by atoms with Gasteiger partial charge in [0.05, 0.1) is 33.9 Å². The lowest BCUT2D eigenvalue weighted by atomic mass is 9.69. The number of thioether (sulfide) groups is 1. The van der Waals surface area contributed by atoms with Crippen LogP contribution in [-0.4, -0.2) is 44.6 Å². The lowest BCUT2D eigenvalue weighted by Gasteiger charge is -2.42. The second-order valence-electron chi connectivity index (χ2n) is 8.13. The molecule has 6 rings (SSSR count). The van der Waals surface area contributed by atoms with Crippen LogP contribution in [0.2, 0.25) is 0 Å². The van der Waals surface area contributed by atoms with Crippen molar-refractivity contribution < 1.29 is 23.9 Å². The molecule has 2 aliphatic heterocycles. The zero-order valence-electron chi connectivity index (χ0n) is 14.9. The van der Waals surface area contributed by atoms with Gasteiger partial charge in [-0.05, 0) is 36.3 Å². The fraction of sp³-hybridized carbons (Fsp3) is 0.474. The lowest BCUT2D eigenvalue weighted by Crippen LogP contribution is -2.42. The van der Waals surface area contributed by atoms with Crippen LogP contribution in [0.4, 0.5) is 0 Å². The summed E-state index contributed by atoms with van der Waals surface area (Å²) in [6, 6.07) is 3.71. The summed E-state index contributed by atoms with van der Waals surface area (Å²) in [5.74, 6) is -2.16. The number of likely N-dealkylation sites (tertiary alicyclic amines) is 1. The Morgan fingerprint density at radius 2 is 2.00 bits per heavy atom. The average Bonchev–Trinajstić information content (AvgIpc) is 3.45. The Balaban J connectivity index is 1.45. The number of amides is 2. The zero-order valence-corrected chi connectivity index (χ0v) is 16.6. The molecule has 2 amide bonds. The topological polar surface area (TPSA) is 121 Å². The number of carbonyl (C=O) groups excluding carboxylic acids is 2. The molecule has 2 aromatic rings. The molecule has 8 nitrogen and oxygen atoms in total. The quantitative estimate of drug-likeness (QED) is 0.707. The molecule has 3 fully saturated rings. The number of aromatic nitrogens is 1. The van der Waals surface area contributed by atoms with Crippen LogP contribution in [0.5, 0.6) is 0 Å². The van der Waals surface area contributed by atoms with Gasteiger partial charge in [-0.15, -0.1) is 11.8 Å². The van der Waals surface area contributed by atoms with E-state index in [2.05, 4.69) is 4.98 Å². The molecule has 0 radical (unpaired) electrons. The number of thiazole rings is 1. The fourth-order valence-electron chi connectivity index (χ4n) is 6.16. The molecule has 0 spiro atoms. The highest BCUT2D eigenvalue weighted by atomic mass is 32.2. The third-order valence-electron chi connectivity index (χ3n) is 6.96. The number of hydrogen-bond acceptors (Lipinski definition) is 7. The van der Waals surface area contributed by atoms with Gasteiger partial charge in [0, 0.05) is 5.25 Å². The van der Waals surface area contributed by atoms with Crippen molar-refractivity contribution in [2.45, 2.75) is 22.6 Å². The Morgan fingerprint density at radius 3 is 2.69 bits per heavy atom. The van der Waals surface area contributed by atoms with E-state index in [9.17, 15) is 19.2 Å². The molecule has 0 aromatic carbocycles. The molecule has 150 valence electrons. The molecule has 2 saturated carbocycles. The van der Waals surface area contributed by atoms with E-state index >= 15 is 0 Å². The van der Waals surface area contributed by atoms with Crippen molar-refractivity contribution in [2.75, 3.05) is 6.54 Å². The molecule has 2 bridgehead atoms. The van der Waals surface area contributed by atoms with Gasteiger partial charge < -0.3 is 14.5 Å². The minimum Gasteiger partial charge on any atom is -0.480 e. The van der Waals surface area contributed by atoms with Crippen LogP contribution in [0.1, 0.15) is 23.0 Å². The summed E-state index contributed by atoms with van der Waals surface area (Å²) in [5, 5.41) is 10.0. The number of carboxylic acid groups (broad SMARTS) is 1. The van der Waals surface area contributed by atoms with Crippen molar-refractivity contribution in [2.24, 2.45) is 29.6 Å². The van der Waals surface area contributed by atoms with Crippen LogP contribution in [0.3, 0.4) is 0 Å². The number of fused-ring (bicyclic) bond motifs is 9. The van der Waals surface area contributed by atoms with Gasteiger partial charge in [-0.25, -0.2) is 0 Å². The maximum atomic E-state index is 13.0. The molecule has 10 heteroatoms. The van der Waals surface area contributed by atoms with E-state index in [1.54, 1.807) is 18.0 Å². The number of carbonyl (C=O) groups is 3. The number of imide groups is 1. The maximum absolute atomic E-state index is 13.0. The number of aliphatic carboxylic acids is 1. The molecule has 2 aromatic heterocycles. The third kappa shape index (κ3) is 2.21. The van der Waals surface area contributed by atoms with Crippen LogP contribution in [0.15, 0.2) is 32.6 Å². The number of aromatic amines is 1. The summed E-state index contributed by atoms with van der Waals surface area (Å²) in [4.78, 5) is 53.8. The number of H-pyrrole nitrogens is 1. The molecule has 4 aliphatic rings. The first-order chi connectivity index (χ1) is 14.0. The SMILES string of the molecule is O=C(O)CN1C(=O)[C@@H]2[C@H]3C[C@@H]([C@@H]2C1=O)[C@H]1[C@@H](c2ccco2)c2sc(=O)[nH]c2S[C@@H]31. The highest BCUT2D eigenvalue weighted by Gasteiger charge is 2.69. The molecular weight excluding hydrogens is 416 g/mol. The molecule has 1 saturated heterocycles. The normalized spacial score (nSPS) is 37.0. The van der Waals surface area contributed by atoms with Gasteiger partial charge in [-0.3, -0.25) is 24.1 Å². The molecule has 2 aliphatic carbocycles. The van der Waals surface area contributed by atoms with Crippen molar-refractivity contribution in [3.8, 4) is 0 Å². The standard InChI is InChI=1S/C19H16N2O6S2/c22-9(23)5-21-17(24)11-6-4-7(12(11)18(21)25)14-10(6)13(8-2-1-3-27-8)15-16(28-14)20-19(26)29-15/h1-3,6-7,10-14H,4-5H2,(H,20,26)(H,22,23)/t6-,7-,10+,11+,12-,13-,14+/m1/s1. The summed E-state index contributed by atoms with van der Waals surface area (Å²) >= 11 is 2.77. The second kappa shape index (κ2) is 5.85. The predicted octanol–water partition coefficient (Wildman–Crippen LogP) is 1.59. The van der Waals surface area contributed by atoms with Crippen molar-refractivity contribution in [3.63, 3.8) is 0 Å². The van der Waals surface area contributed by atoms with E-state index in [-0.39, 0.29) is 45.6 Å². The first-order valence-electron chi connectivity index (χ1n) is 9.45. The average molecular weight is 432 g/mol. The van der Waals surface area contributed by atoms with E-state index in [4.69, 9.17) is 9.52 Å². The minimum absolute atomic E-state index is 0.00995. The Kier molecular flexibility index (Phi) is 3.54. The molecule has 4 heterocycles. The Hall–Kier alpha value is -2.33. The smallest absolute Gasteiger partial charge is 0.323 e.